The number of likely N-dealkylation sites (tertiary alicyclic amines) is 1. The van der Waals surface area contributed by atoms with Crippen molar-refractivity contribution in [3.8, 4) is 23.4 Å². The van der Waals surface area contributed by atoms with E-state index in [-0.39, 0.29) is 23.6 Å². The van der Waals surface area contributed by atoms with E-state index in [0.717, 1.165) is 12.8 Å². The number of benzene rings is 1. The molecule has 0 bridgehead atoms. The van der Waals surface area contributed by atoms with Crippen LogP contribution >= 0.6 is 0 Å². The molecule has 0 unspecified atom stereocenters. The highest BCUT2D eigenvalue weighted by atomic mass is 16.6. The molecular formula is C19H18N4O4. The van der Waals surface area contributed by atoms with E-state index >= 15 is 0 Å². The van der Waals surface area contributed by atoms with Crippen molar-refractivity contribution in [2.24, 2.45) is 0 Å². The summed E-state index contributed by atoms with van der Waals surface area (Å²) in [4.78, 5) is 22.8. The summed E-state index contributed by atoms with van der Waals surface area (Å²) in [5, 5.41) is 9.13. The Bertz CT molecular complexity index is 896. The summed E-state index contributed by atoms with van der Waals surface area (Å²) in [6.45, 7) is 1.94. The lowest BCUT2D eigenvalue weighted by Crippen LogP contribution is -2.44. The number of piperidine rings is 1. The van der Waals surface area contributed by atoms with E-state index in [2.05, 4.69) is 9.97 Å². The van der Waals surface area contributed by atoms with Crippen LogP contribution in [0.4, 0.5) is 0 Å². The Labute approximate surface area is 156 Å². The number of carbonyl (C=O) groups excluding carboxylic acids is 1. The molecule has 1 atom stereocenters. The van der Waals surface area contributed by atoms with Gasteiger partial charge in [-0.25, -0.2) is 9.97 Å². The number of nitriles is 1. The minimum atomic E-state index is -0.247. The largest absolute Gasteiger partial charge is 0.486 e. The molecule has 138 valence electrons. The highest BCUT2D eigenvalue weighted by Gasteiger charge is 2.29. The van der Waals surface area contributed by atoms with Gasteiger partial charge in [0.15, 0.2) is 11.5 Å². The Morgan fingerprint density at radius 3 is 3.00 bits per heavy atom. The van der Waals surface area contributed by atoms with Crippen LogP contribution in [0, 0.1) is 11.3 Å². The third-order valence-electron chi connectivity index (χ3n) is 4.51. The van der Waals surface area contributed by atoms with Crippen molar-refractivity contribution in [2.75, 3.05) is 26.3 Å². The summed E-state index contributed by atoms with van der Waals surface area (Å²) in [6.07, 6.45) is 4.25. The van der Waals surface area contributed by atoms with Crippen LogP contribution in [0.25, 0.3) is 0 Å². The number of rotatable bonds is 3. The summed E-state index contributed by atoms with van der Waals surface area (Å²) in [5.41, 5.74) is 0.633. The van der Waals surface area contributed by atoms with Gasteiger partial charge in [0.05, 0.1) is 12.1 Å². The summed E-state index contributed by atoms with van der Waals surface area (Å²) in [6, 6.07) is 7.30. The summed E-state index contributed by atoms with van der Waals surface area (Å²) >= 11 is 0. The Hall–Kier alpha value is -3.34. The minimum Gasteiger partial charge on any atom is -0.486 e. The number of aromatic nitrogens is 2. The number of ether oxygens (including phenoxy) is 3. The van der Waals surface area contributed by atoms with Crippen LogP contribution in [0.3, 0.4) is 0 Å². The average molecular weight is 366 g/mol. The predicted molar refractivity (Wildman–Crippen MR) is 93.7 cm³/mol. The van der Waals surface area contributed by atoms with Crippen molar-refractivity contribution < 1.29 is 19.0 Å². The maximum atomic E-state index is 13.0. The second-order valence-corrected chi connectivity index (χ2v) is 6.28. The van der Waals surface area contributed by atoms with Crippen LogP contribution in [0.5, 0.6) is 17.4 Å². The van der Waals surface area contributed by atoms with Crippen molar-refractivity contribution in [3.63, 3.8) is 0 Å². The first-order valence-corrected chi connectivity index (χ1v) is 8.82. The first kappa shape index (κ1) is 17.1. The number of carbonyl (C=O) groups is 1. The van der Waals surface area contributed by atoms with E-state index in [4.69, 9.17) is 19.5 Å². The van der Waals surface area contributed by atoms with E-state index in [9.17, 15) is 4.79 Å². The first-order chi connectivity index (χ1) is 13.3. The smallest absolute Gasteiger partial charge is 0.257 e. The standard InChI is InChI=1S/C19H18N4O4/c20-11-15-18(22-7-6-21-15)27-13-3-2-8-23(12-13)19(24)14-4-1-5-16-17(14)26-10-9-25-16/h1,4-7,13H,2-3,8-10,12H2/t13-/m0/s1. The van der Waals surface area contributed by atoms with Gasteiger partial charge in [0.1, 0.15) is 25.4 Å². The van der Waals surface area contributed by atoms with E-state index in [1.165, 1.54) is 12.4 Å². The molecule has 3 heterocycles. The highest BCUT2D eigenvalue weighted by Crippen LogP contribution is 2.34. The summed E-state index contributed by atoms with van der Waals surface area (Å²) in [7, 11) is 0. The molecule has 27 heavy (non-hydrogen) atoms. The van der Waals surface area contributed by atoms with Crippen LogP contribution in [0.15, 0.2) is 30.6 Å². The number of para-hydroxylation sites is 1. The van der Waals surface area contributed by atoms with Crippen molar-refractivity contribution in [3.05, 3.63) is 41.9 Å². The number of hydrogen-bond acceptors (Lipinski definition) is 7. The molecule has 0 aliphatic carbocycles. The van der Waals surface area contributed by atoms with Crippen LogP contribution in [-0.2, 0) is 0 Å². The van der Waals surface area contributed by atoms with Crippen molar-refractivity contribution in [1.29, 1.82) is 5.26 Å². The molecule has 1 amide bonds. The van der Waals surface area contributed by atoms with Gasteiger partial charge in [0, 0.05) is 18.9 Å². The van der Waals surface area contributed by atoms with Gasteiger partial charge in [-0.1, -0.05) is 6.07 Å². The number of nitrogens with zero attached hydrogens (tertiary/aromatic N) is 4. The summed E-state index contributed by atoms with van der Waals surface area (Å²) < 4.78 is 17.1. The van der Waals surface area contributed by atoms with Crippen LogP contribution in [-0.4, -0.2) is 53.2 Å². The van der Waals surface area contributed by atoms with Crippen LogP contribution in [0.1, 0.15) is 28.9 Å². The molecule has 1 fully saturated rings. The van der Waals surface area contributed by atoms with E-state index in [0.29, 0.717) is 43.4 Å². The molecule has 4 rings (SSSR count). The highest BCUT2D eigenvalue weighted by molar-refractivity contribution is 5.98. The zero-order valence-electron chi connectivity index (χ0n) is 14.6. The molecular weight excluding hydrogens is 348 g/mol. The van der Waals surface area contributed by atoms with E-state index in [1.54, 1.807) is 23.1 Å². The molecule has 2 aromatic rings. The molecule has 1 aromatic heterocycles. The van der Waals surface area contributed by atoms with Gasteiger partial charge >= 0.3 is 0 Å². The Morgan fingerprint density at radius 2 is 2.11 bits per heavy atom. The van der Waals surface area contributed by atoms with Crippen molar-refractivity contribution in [2.45, 2.75) is 18.9 Å². The maximum absolute atomic E-state index is 13.0. The molecule has 1 saturated heterocycles. The Morgan fingerprint density at radius 1 is 1.26 bits per heavy atom. The van der Waals surface area contributed by atoms with Gasteiger partial charge in [-0.15, -0.1) is 0 Å². The van der Waals surface area contributed by atoms with Gasteiger partial charge < -0.3 is 19.1 Å². The van der Waals surface area contributed by atoms with Gasteiger partial charge in [-0.05, 0) is 25.0 Å². The third kappa shape index (κ3) is 3.49. The minimum absolute atomic E-state index is 0.120. The van der Waals surface area contributed by atoms with Gasteiger partial charge in [0.2, 0.25) is 5.69 Å². The maximum Gasteiger partial charge on any atom is 0.257 e. The predicted octanol–water partition coefficient (Wildman–Crippen LogP) is 1.80. The Kier molecular flexibility index (Phi) is 4.75. The average Bonchev–Trinajstić information content (AvgIpc) is 2.73. The lowest BCUT2D eigenvalue weighted by atomic mass is 10.1. The van der Waals surface area contributed by atoms with E-state index in [1.807, 2.05) is 6.07 Å². The van der Waals surface area contributed by atoms with Gasteiger partial charge in [-0.3, -0.25) is 4.79 Å². The molecule has 8 heteroatoms. The molecule has 0 saturated carbocycles. The quantitative estimate of drug-likeness (QED) is 0.817. The fourth-order valence-electron chi connectivity index (χ4n) is 3.28. The number of hydrogen-bond donors (Lipinski definition) is 0. The topological polar surface area (TPSA) is 97.6 Å². The molecule has 2 aliphatic rings. The fourth-order valence-corrected chi connectivity index (χ4v) is 3.28. The normalized spacial score (nSPS) is 18.5. The molecule has 8 nitrogen and oxygen atoms in total. The molecule has 1 aromatic carbocycles. The van der Waals surface area contributed by atoms with Crippen molar-refractivity contribution >= 4 is 5.91 Å². The van der Waals surface area contributed by atoms with Crippen molar-refractivity contribution in [1.82, 2.24) is 14.9 Å². The Balaban J connectivity index is 1.50. The zero-order chi connectivity index (χ0) is 18.6. The monoisotopic (exact) mass is 366 g/mol. The van der Waals surface area contributed by atoms with Crippen LogP contribution in [0.2, 0.25) is 0 Å². The fraction of sp³-hybridized carbons (Fsp3) is 0.368. The second kappa shape index (κ2) is 7.50. The molecule has 0 N–H and O–H groups in total. The zero-order valence-corrected chi connectivity index (χ0v) is 14.6. The summed E-state index contributed by atoms with van der Waals surface area (Å²) in [5.74, 6) is 1.17. The van der Waals surface area contributed by atoms with Gasteiger partial charge in [0.25, 0.3) is 11.8 Å². The SMILES string of the molecule is N#Cc1nccnc1O[C@H]1CCCN(C(=O)c2cccc3c2OCCO3)C1. The lowest BCUT2D eigenvalue weighted by Gasteiger charge is -2.33. The van der Waals surface area contributed by atoms with Crippen LogP contribution < -0.4 is 14.2 Å². The van der Waals surface area contributed by atoms with E-state index < -0.39 is 0 Å². The second-order valence-electron chi connectivity index (χ2n) is 6.28. The number of fused-ring (bicyclic) bond motifs is 1. The van der Waals surface area contributed by atoms with Gasteiger partial charge in [-0.2, -0.15) is 5.26 Å². The molecule has 2 aliphatic heterocycles. The molecule has 0 radical (unpaired) electrons. The molecule has 0 spiro atoms. The number of amides is 1. The third-order valence-corrected chi connectivity index (χ3v) is 4.51. The first-order valence-electron chi connectivity index (χ1n) is 8.82. The lowest BCUT2D eigenvalue weighted by molar-refractivity contribution is 0.0518.